The Morgan fingerprint density at radius 1 is 0.781 bits per heavy atom. The van der Waals surface area contributed by atoms with Gasteiger partial charge in [-0.2, -0.15) is 0 Å². The summed E-state index contributed by atoms with van der Waals surface area (Å²) in [6, 6.07) is 15.0. The van der Waals surface area contributed by atoms with Crippen LogP contribution < -0.4 is 16.0 Å². The number of benzene rings is 2. The lowest BCUT2D eigenvalue weighted by molar-refractivity contribution is 0.102. The quantitative estimate of drug-likeness (QED) is 0.287. The molecule has 0 fully saturated rings. The minimum Gasteiger partial charge on any atom is -0.320 e. The lowest BCUT2D eigenvalue weighted by Crippen LogP contribution is -2.20. The zero-order valence-corrected chi connectivity index (χ0v) is 18.5. The first-order chi connectivity index (χ1) is 15.4. The number of carbonyl (C=O) groups is 2. The van der Waals surface area contributed by atoms with Crippen molar-refractivity contribution in [3.8, 4) is 0 Å². The van der Waals surface area contributed by atoms with Gasteiger partial charge in [0.25, 0.3) is 5.91 Å². The third-order valence-corrected chi connectivity index (χ3v) is 5.34. The average molecular weight is 487 g/mol. The van der Waals surface area contributed by atoms with Gasteiger partial charge in [-0.05, 0) is 24.3 Å². The number of amides is 3. The van der Waals surface area contributed by atoms with Crippen molar-refractivity contribution in [1.29, 1.82) is 0 Å². The lowest BCUT2D eigenvalue weighted by atomic mass is 10.1. The molecule has 0 saturated heterocycles. The predicted molar refractivity (Wildman–Crippen MR) is 128 cm³/mol. The molecule has 0 spiro atoms. The highest BCUT2D eigenvalue weighted by Gasteiger charge is 2.18. The third kappa shape index (κ3) is 4.60. The first-order valence-electron chi connectivity index (χ1n) is 9.25. The summed E-state index contributed by atoms with van der Waals surface area (Å²) < 4.78 is 0. The molecule has 0 aliphatic rings. The van der Waals surface area contributed by atoms with Crippen molar-refractivity contribution in [1.82, 2.24) is 9.97 Å². The molecular weight excluding hydrogens is 473 g/mol. The van der Waals surface area contributed by atoms with Crippen LogP contribution in [0.1, 0.15) is 10.4 Å². The largest absolute Gasteiger partial charge is 0.323 e. The maximum Gasteiger partial charge on any atom is 0.323 e. The van der Waals surface area contributed by atoms with Crippen molar-refractivity contribution in [2.75, 3.05) is 16.0 Å². The Hall–Kier alpha value is -3.39. The number of urea groups is 1. The lowest BCUT2D eigenvalue weighted by Gasteiger charge is -2.14. The van der Waals surface area contributed by atoms with Crippen molar-refractivity contribution < 1.29 is 9.59 Å². The van der Waals surface area contributed by atoms with Gasteiger partial charge in [0.15, 0.2) is 0 Å². The second-order valence-electron chi connectivity index (χ2n) is 6.54. The molecule has 4 rings (SSSR count). The van der Waals surface area contributed by atoms with E-state index in [-0.39, 0.29) is 20.8 Å². The van der Waals surface area contributed by atoms with Crippen molar-refractivity contribution in [2.24, 2.45) is 0 Å². The molecule has 32 heavy (non-hydrogen) atoms. The Balaban J connectivity index is 1.65. The Labute approximate surface area is 197 Å². The van der Waals surface area contributed by atoms with Gasteiger partial charge >= 0.3 is 6.03 Å². The topological polar surface area (TPSA) is 96.0 Å². The molecule has 2 heterocycles. The number of anilines is 3. The molecule has 3 N–H and O–H groups in total. The van der Waals surface area contributed by atoms with E-state index >= 15 is 0 Å². The van der Waals surface area contributed by atoms with Crippen LogP contribution in [0.2, 0.25) is 15.2 Å². The summed E-state index contributed by atoms with van der Waals surface area (Å²) >= 11 is 18.5. The van der Waals surface area contributed by atoms with Gasteiger partial charge in [-0.1, -0.05) is 65.1 Å². The molecule has 7 nitrogen and oxygen atoms in total. The zero-order valence-electron chi connectivity index (χ0n) is 16.2. The molecule has 0 aliphatic carbocycles. The van der Waals surface area contributed by atoms with E-state index in [0.717, 1.165) is 0 Å². The van der Waals surface area contributed by atoms with E-state index in [1.54, 1.807) is 42.5 Å². The maximum absolute atomic E-state index is 12.8. The van der Waals surface area contributed by atoms with Gasteiger partial charge in [0.05, 0.1) is 32.5 Å². The van der Waals surface area contributed by atoms with E-state index < -0.39 is 11.9 Å². The zero-order chi connectivity index (χ0) is 22.7. The normalized spacial score (nSPS) is 10.6. The fraction of sp³-hybridized carbons (Fsp3) is 0. The van der Waals surface area contributed by atoms with Gasteiger partial charge in [0, 0.05) is 23.5 Å². The highest BCUT2D eigenvalue weighted by atomic mass is 35.5. The van der Waals surface area contributed by atoms with Crippen molar-refractivity contribution in [3.63, 3.8) is 0 Å². The van der Waals surface area contributed by atoms with E-state index in [9.17, 15) is 9.59 Å². The van der Waals surface area contributed by atoms with E-state index in [2.05, 4.69) is 25.9 Å². The molecule has 0 radical (unpaired) electrons. The summed E-state index contributed by atoms with van der Waals surface area (Å²) in [5.41, 5.74) is 1.81. The molecule has 0 bridgehead atoms. The number of hydrogen-bond donors (Lipinski definition) is 3. The molecule has 0 aliphatic heterocycles. The number of pyridine rings is 2. The number of para-hydroxylation sites is 2. The van der Waals surface area contributed by atoms with Crippen LogP contribution >= 0.6 is 34.8 Å². The third-order valence-electron chi connectivity index (χ3n) is 4.45. The van der Waals surface area contributed by atoms with Crippen molar-refractivity contribution in [3.05, 3.63) is 87.8 Å². The molecule has 0 unspecified atom stereocenters. The molecule has 3 amide bonds. The number of fused-ring (bicyclic) bond motifs is 1. The van der Waals surface area contributed by atoms with Crippen LogP contribution in [-0.4, -0.2) is 21.9 Å². The van der Waals surface area contributed by atoms with Crippen LogP contribution in [0.4, 0.5) is 21.9 Å². The molecule has 0 saturated carbocycles. The van der Waals surface area contributed by atoms with Gasteiger partial charge < -0.3 is 16.0 Å². The van der Waals surface area contributed by atoms with Gasteiger partial charge in [-0.25, -0.2) is 9.78 Å². The summed E-state index contributed by atoms with van der Waals surface area (Å²) in [4.78, 5) is 33.5. The van der Waals surface area contributed by atoms with Gasteiger partial charge in [-0.15, -0.1) is 0 Å². The number of nitrogens with zero attached hydrogens (tertiary/aromatic N) is 2. The first kappa shape index (κ1) is 21.8. The fourth-order valence-electron chi connectivity index (χ4n) is 3.03. The molecule has 0 atom stereocenters. The molecule has 4 aromatic rings. The molecule has 2 aromatic carbocycles. The second-order valence-corrected chi connectivity index (χ2v) is 7.71. The van der Waals surface area contributed by atoms with Crippen molar-refractivity contribution in [2.45, 2.75) is 0 Å². The SMILES string of the molecule is O=C(Nc1ccccc1)Nc1c(Cl)cnc2c(NC(=O)c3c(Cl)ccnc3Cl)cccc12. The van der Waals surface area contributed by atoms with E-state index in [4.69, 9.17) is 34.8 Å². The molecule has 10 heteroatoms. The van der Waals surface area contributed by atoms with E-state index in [1.807, 2.05) is 6.07 Å². The molecule has 2 aromatic heterocycles. The highest BCUT2D eigenvalue weighted by molar-refractivity contribution is 6.40. The van der Waals surface area contributed by atoms with Crippen LogP contribution in [-0.2, 0) is 0 Å². The van der Waals surface area contributed by atoms with E-state index in [1.165, 1.54) is 18.5 Å². The van der Waals surface area contributed by atoms with Crippen molar-refractivity contribution >= 4 is 74.7 Å². The standard InChI is InChI=1S/C22H14Cl3N5O2/c23-14-9-10-26-20(25)17(14)21(31)29-16-8-4-7-13-18(15(24)11-27-19(13)16)30-22(32)28-12-5-2-1-3-6-12/h1-11H,(H,29,31)(H2,27,28,30,32). The van der Waals surface area contributed by atoms with Crippen LogP contribution in [0, 0.1) is 0 Å². The summed E-state index contributed by atoms with van der Waals surface area (Å²) in [7, 11) is 0. The molecule has 160 valence electrons. The number of hydrogen-bond acceptors (Lipinski definition) is 4. The van der Waals surface area contributed by atoms with Crippen LogP contribution in [0.5, 0.6) is 0 Å². The average Bonchev–Trinajstić information content (AvgIpc) is 2.76. The first-order valence-corrected chi connectivity index (χ1v) is 10.4. The minimum atomic E-state index is -0.548. The van der Waals surface area contributed by atoms with Gasteiger partial charge in [0.2, 0.25) is 0 Å². The Bertz CT molecular complexity index is 1310. The number of aromatic nitrogens is 2. The smallest absolute Gasteiger partial charge is 0.320 e. The number of nitrogens with one attached hydrogen (secondary N) is 3. The highest BCUT2D eigenvalue weighted by Crippen LogP contribution is 2.34. The maximum atomic E-state index is 12.8. The Morgan fingerprint density at radius 3 is 2.31 bits per heavy atom. The fourth-order valence-corrected chi connectivity index (χ4v) is 3.75. The van der Waals surface area contributed by atoms with Gasteiger partial charge in [-0.3, -0.25) is 9.78 Å². The van der Waals surface area contributed by atoms with Crippen LogP contribution in [0.3, 0.4) is 0 Å². The predicted octanol–water partition coefficient (Wildman–Crippen LogP) is 6.49. The van der Waals surface area contributed by atoms with Gasteiger partial charge in [0.1, 0.15) is 5.15 Å². The number of rotatable bonds is 4. The Morgan fingerprint density at radius 2 is 1.56 bits per heavy atom. The summed E-state index contributed by atoms with van der Waals surface area (Å²) in [5, 5.41) is 9.13. The number of halogens is 3. The second kappa shape index (κ2) is 9.40. The Kier molecular flexibility index (Phi) is 6.41. The summed E-state index contributed by atoms with van der Waals surface area (Å²) in [5.74, 6) is -0.548. The molecular formula is C22H14Cl3N5O2. The summed E-state index contributed by atoms with van der Waals surface area (Å²) in [6.07, 6.45) is 2.79. The summed E-state index contributed by atoms with van der Waals surface area (Å²) in [6.45, 7) is 0. The van der Waals surface area contributed by atoms with Crippen LogP contribution in [0.15, 0.2) is 67.0 Å². The monoisotopic (exact) mass is 485 g/mol. The minimum absolute atomic E-state index is 0.0221. The van der Waals surface area contributed by atoms with E-state index in [0.29, 0.717) is 28.0 Å². The van der Waals surface area contributed by atoms with Crippen LogP contribution in [0.25, 0.3) is 10.9 Å². The number of carbonyl (C=O) groups excluding carboxylic acids is 2.